The van der Waals surface area contributed by atoms with Crippen LogP contribution in [0.5, 0.6) is 0 Å². The Morgan fingerprint density at radius 2 is 1.85 bits per heavy atom. The van der Waals surface area contributed by atoms with E-state index in [9.17, 15) is 14.7 Å². The van der Waals surface area contributed by atoms with Crippen LogP contribution < -0.4 is 10.6 Å². The predicted octanol–water partition coefficient (Wildman–Crippen LogP) is 4.62. The molecule has 0 radical (unpaired) electrons. The number of hydrogen-bond donors (Lipinski definition) is 3. The van der Waals surface area contributed by atoms with E-state index >= 15 is 0 Å². The number of nitrogens with one attached hydrogen (secondary N) is 2. The van der Waals surface area contributed by atoms with Crippen LogP contribution in [-0.4, -0.2) is 32.9 Å². The summed E-state index contributed by atoms with van der Waals surface area (Å²) in [6.07, 6.45) is 7.30. The fraction of sp³-hybridized carbons (Fsp3) is 0.308. The van der Waals surface area contributed by atoms with Crippen molar-refractivity contribution in [1.82, 2.24) is 15.3 Å². The van der Waals surface area contributed by atoms with Crippen molar-refractivity contribution in [2.45, 2.75) is 45.6 Å². The van der Waals surface area contributed by atoms with E-state index in [0.29, 0.717) is 31.6 Å². The zero-order chi connectivity index (χ0) is 23.4. The van der Waals surface area contributed by atoms with Gasteiger partial charge in [0.2, 0.25) is 0 Å². The third-order valence-corrected chi connectivity index (χ3v) is 5.78. The monoisotopic (exact) mass is 444 g/mol. The van der Waals surface area contributed by atoms with Gasteiger partial charge < -0.3 is 15.7 Å². The summed E-state index contributed by atoms with van der Waals surface area (Å²) >= 11 is 0. The summed E-state index contributed by atoms with van der Waals surface area (Å²) in [7, 11) is 0. The van der Waals surface area contributed by atoms with E-state index in [1.807, 2.05) is 36.4 Å². The molecule has 1 aromatic carbocycles. The summed E-state index contributed by atoms with van der Waals surface area (Å²) in [5.41, 5.74) is 3.30. The molecule has 1 aliphatic carbocycles. The van der Waals surface area contributed by atoms with Gasteiger partial charge in [-0.15, -0.1) is 0 Å². The zero-order valence-electron chi connectivity index (χ0n) is 18.8. The van der Waals surface area contributed by atoms with E-state index in [1.165, 1.54) is 0 Å². The summed E-state index contributed by atoms with van der Waals surface area (Å²) in [4.78, 5) is 32.7. The van der Waals surface area contributed by atoms with Gasteiger partial charge in [-0.05, 0) is 48.6 Å². The third kappa shape index (κ3) is 5.37. The highest BCUT2D eigenvalue weighted by atomic mass is 16.4. The molecule has 33 heavy (non-hydrogen) atoms. The highest BCUT2D eigenvalue weighted by molar-refractivity contribution is 5.98. The molecule has 3 N–H and O–H groups in total. The Bertz CT molecular complexity index is 1200. The molecule has 0 amide bonds. The molecule has 0 fully saturated rings. The molecule has 0 bridgehead atoms. The lowest BCUT2D eigenvalue weighted by Crippen LogP contribution is -2.38. The topological polar surface area (TPSA) is 104 Å². The van der Waals surface area contributed by atoms with Gasteiger partial charge in [0.25, 0.3) is 0 Å². The zero-order valence-corrected chi connectivity index (χ0v) is 18.8. The number of benzene rings is 1. The van der Waals surface area contributed by atoms with Crippen LogP contribution in [0.4, 0.5) is 11.5 Å². The third-order valence-electron chi connectivity index (χ3n) is 5.78. The number of aromatic nitrogens is 2. The fourth-order valence-electron chi connectivity index (χ4n) is 4.14. The molecular formula is C26H28N4O3. The molecule has 170 valence electrons. The van der Waals surface area contributed by atoms with Gasteiger partial charge in [-0.2, -0.15) is 0 Å². The van der Waals surface area contributed by atoms with E-state index in [4.69, 9.17) is 0 Å². The Balaban J connectivity index is 1.47. The second kappa shape index (κ2) is 9.81. The van der Waals surface area contributed by atoms with Crippen molar-refractivity contribution in [1.29, 1.82) is 0 Å². The minimum Gasteiger partial charge on any atom is -0.480 e. The van der Waals surface area contributed by atoms with E-state index in [2.05, 4.69) is 34.4 Å². The number of pyridine rings is 2. The molecule has 7 heteroatoms. The number of allylic oxidation sites excluding steroid dienone is 2. The van der Waals surface area contributed by atoms with E-state index in [-0.39, 0.29) is 5.78 Å². The molecule has 0 spiro atoms. The number of carbonyl (C=O) groups is 2. The van der Waals surface area contributed by atoms with Crippen molar-refractivity contribution < 1.29 is 14.7 Å². The summed E-state index contributed by atoms with van der Waals surface area (Å²) in [6, 6.07) is 10.7. The number of fused-ring (bicyclic) bond motifs is 1. The van der Waals surface area contributed by atoms with Crippen LogP contribution in [0.3, 0.4) is 0 Å². The molecule has 4 rings (SSSR count). The Morgan fingerprint density at radius 1 is 1.06 bits per heavy atom. The first kappa shape index (κ1) is 22.5. The van der Waals surface area contributed by atoms with E-state index in [1.54, 1.807) is 18.6 Å². The van der Waals surface area contributed by atoms with Gasteiger partial charge >= 0.3 is 5.97 Å². The van der Waals surface area contributed by atoms with Gasteiger partial charge in [0.1, 0.15) is 11.9 Å². The SMILES string of the molecule is CC(C)CC1=C(NC(Cc2ccc(Nc3nccc4cnccc34)cc2)C(=O)O)CCC1=O. The number of Topliss-reactive ketones (excluding diaryl/α,β-unsaturated/α-hetero) is 1. The molecule has 3 aromatic rings. The van der Waals surface area contributed by atoms with Crippen molar-refractivity contribution in [2.75, 3.05) is 5.32 Å². The molecule has 1 unspecified atom stereocenters. The Hall–Kier alpha value is -3.74. The molecule has 0 aliphatic heterocycles. The Morgan fingerprint density at radius 3 is 2.58 bits per heavy atom. The van der Waals surface area contributed by atoms with Crippen LogP contribution in [0.2, 0.25) is 0 Å². The predicted molar refractivity (Wildman–Crippen MR) is 128 cm³/mol. The van der Waals surface area contributed by atoms with Crippen molar-refractivity contribution >= 4 is 34.0 Å². The largest absolute Gasteiger partial charge is 0.480 e. The molecular weight excluding hydrogens is 416 g/mol. The van der Waals surface area contributed by atoms with Crippen LogP contribution in [0, 0.1) is 5.92 Å². The number of ketones is 1. The van der Waals surface area contributed by atoms with Gasteiger partial charge in [0, 0.05) is 59.2 Å². The average Bonchev–Trinajstić information content (AvgIpc) is 3.13. The Kier molecular flexibility index (Phi) is 6.68. The second-order valence-corrected chi connectivity index (χ2v) is 8.80. The second-order valence-electron chi connectivity index (χ2n) is 8.80. The standard InChI is InChI=1S/C26H28N4O3/c1-16(2)13-21-22(7-8-24(21)31)30-23(26(32)33)14-17-3-5-19(6-4-17)29-25-20-10-11-27-15-18(20)9-12-28-25/h3-6,9-12,15-16,23,30H,7-8,13-14H2,1-2H3,(H,28,29)(H,32,33). The molecule has 1 aliphatic rings. The quantitative estimate of drug-likeness (QED) is 0.442. The van der Waals surface area contributed by atoms with E-state index in [0.717, 1.165) is 39.1 Å². The summed E-state index contributed by atoms with van der Waals surface area (Å²) in [6.45, 7) is 4.12. The molecule has 2 aromatic heterocycles. The molecule has 0 saturated heterocycles. The molecule has 2 heterocycles. The molecule has 1 atom stereocenters. The Labute approximate surface area is 193 Å². The fourth-order valence-corrected chi connectivity index (χ4v) is 4.14. The normalized spacial score (nSPS) is 14.7. The number of hydrogen-bond acceptors (Lipinski definition) is 6. The molecule has 0 saturated carbocycles. The number of nitrogens with zero attached hydrogens (tertiary/aromatic N) is 2. The number of aliphatic carboxylic acids is 1. The number of carboxylic acid groups (broad SMARTS) is 1. The van der Waals surface area contributed by atoms with Gasteiger partial charge in [0.15, 0.2) is 5.78 Å². The van der Waals surface area contributed by atoms with Gasteiger partial charge in [0.05, 0.1) is 0 Å². The highest BCUT2D eigenvalue weighted by Gasteiger charge is 2.27. The van der Waals surface area contributed by atoms with Gasteiger partial charge in [-0.1, -0.05) is 26.0 Å². The number of rotatable bonds is 9. The lowest BCUT2D eigenvalue weighted by Gasteiger charge is -2.19. The summed E-state index contributed by atoms with van der Waals surface area (Å²) < 4.78 is 0. The number of anilines is 2. The van der Waals surface area contributed by atoms with Crippen LogP contribution in [0.1, 0.15) is 38.7 Å². The van der Waals surface area contributed by atoms with Crippen LogP contribution in [0.15, 0.2) is 66.3 Å². The van der Waals surface area contributed by atoms with E-state index < -0.39 is 12.0 Å². The van der Waals surface area contributed by atoms with Crippen molar-refractivity contribution in [2.24, 2.45) is 5.92 Å². The maximum Gasteiger partial charge on any atom is 0.326 e. The van der Waals surface area contributed by atoms with Crippen molar-refractivity contribution in [3.8, 4) is 0 Å². The first-order chi connectivity index (χ1) is 15.9. The first-order valence-electron chi connectivity index (χ1n) is 11.2. The summed E-state index contributed by atoms with van der Waals surface area (Å²) in [5, 5.41) is 18.2. The molecule has 7 nitrogen and oxygen atoms in total. The number of carboxylic acids is 1. The van der Waals surface area contributed by atoms with Crippen molar-refractivity contribution in [3.05, 3.63) is 71.8 Å². The maximum atomic E-state index is 12.2. The number of carbonyl (C=O) groups excluding carboxylic acids is 1. The summed E-state index contributed by atoms with van der Waals surface area (Å²) in [5.74, 6) is 0.281. The van der Waals surface area contributed by atoms with Crippen molar-refractivity contribution in [3.63, 3.8) is 0 Å². The smallest absolute Gasteiger partial charge is 0.326 e. The lowest BCUT2D eigenvalue weighted by molar-refractivity contribution is -0.139. The van der Waals surface area contributed by atoms with Gasteiger partial charge in [-0.3, -0.25) is 9.78 Å². The van der Waals surface area contributed by atoms with Crippen LogP contribution >= 0.6 is 0 Å². The lowest BCUT2D eigenvalue weighted by atomic mass is 10.0. The maximum absolute atomic E-state index is 12.2. The minimum atomic E-state index is -0.929. The minimum absolute atomic E-state index is 0.128. The van der Waals surface area contributed by atoms with Crippen LogP contribution in [0.25, 0.3) is 10.8 Å². The average molecular weight is 445 g/mol. The first-order valence-corrected chi connectivity index (χ1v) is 11.2. The highest BCUT2D eigenvalue weighted by Crippen LogP contribution is 2.27. The van der Waals surface area contributed by atoms with Gasteiger partial charge in [-0.25, -0.2) is 9.78 Å². The van der Waals surface area contributed by atoms with Crippen LogP contribution in [-0.2, 0) is 16.0 Å².